The number of hydrogen-bond acceptors (Lipinski definition) is 3. The average molecular weight is 234 g/mol. The number of rotatable bonds is 3. The fourth-order valence-electron chi connectivity index (χ4n) is 2.06. The number of nitrogens with two attached hydrogens (primary N) is 1. The predicted molar refractivity (Wildman–Crippen MR) is 66.1 cm³/mol. The Morgan fingerprint density at radius 1 is 1.41 bits per heavy atom. The van der Waals surface area contributed by atoms with Gasteiger partial charge >= 0.3 is 0 Å². The summed E-state index contributed by atoms with van der Waals surface area (Å²) in [5.74, 6) is 0.618. The van der Waals surface area contributed by atoms with Gasteiger partial charge in [0.05, 0.1) is 6.26 Å². The van der Waals surface area contributed by atoms with Gasteiger partial charge in [-0.25, -0.2) is 0 Å². The van der Waals surface area contributed by atoms with Crippen molar-refractivity contribution in [2.45, 2.75) is 37.8 Å². The van der Waals surface area contributed by atoms with Gasteiger partial charge in [0.15, 0.2) is 0 Å². The zero-order valence-corrected chi connectivity index (χ0v) is 9.76. The number of furan rings is 1. The first-order valence-corrected chi connectivity index (χ1v) is 6.01. The van der Waals surface area contributed by atoms with Crippen LogP contribution in [0.5, 0.6) is 0 Å². The summed E-state index contributed by atoms with van der Waals surface area (Å²) in [4.78, 5) is 11.6. The van der Waals surface area contributed by atoms with Gasteiger partial charge in [-0.3, -0.25) is 4.79 Å². The summed E-state index contributed by atoms with van der Waals surface area (Å²) in [5, 5.41) is 2.98. The molecule has 0 radical (unpaired) electrons. The summed E-state index contributed by atoms with van der Waals surface area (Å²) in [5.41, 5.74) is 5.81. The third kappa shape index (κ3) is 3.75. The molecule has 0 aromatic carbocycles. The van der Waals surface area contributed by atoms with E-state index in [1.54, 1.807) is 18.4 Å². The first kappa shape index (κ1) is 11.9. The minimum absolute atomic E-state index is 0.0677. The van der Waals surface area contributed by atoms with Crippen molar-refractivity contribution in [2.75, 3.05) is 0 Å². The lowest BCUT2D eigenvalue weighted by Crippen LogP contribution is -2.39. The maximum Gasteiger partial charge on any atom is 0.244 e. The van der Waals surface area contributed by atoms with E-state index in [2.05, 4.69) is 5.32 Å². The van der Waals surface area contributed by atoms with Gasteiger partial charge in [0.2, 0.25) is 5.91 Å². The van der Waals surface area contributed by atoms with Crippen LogP contribution in [0, 0.1) is 0 Å². The molecule has 1 amide bonds. The van der Waals surface area contributed by atoms with Gasteiger partial charge in [-0.05, 0) is 43.9 Å². The Hall–Kier alpha value is -1.55. The fraction of sp³-hybridized carbons (Fsp3) is 0.462. The molecule has 92 valence electrons. The van der Waals surface area contributed by atoms with E-state index in [1.807, 2.05) is 6.07 Å². The molecule has 2 rings (SSSR count). The van der Waals surface area contributed by atoms with Crippen LogP contribution in [0.15, 0.2) is 28.9 Å². The highest BCUT2D eigenvalue weighted by Gasteiger charge is 2.18. The van der Waals surface area contributed by atoms with Gasteiger partial charge in [-0.1, -0.05) is 0 Å². The van der Waals surface area contributed by atoms with Gasteiger partial charge < -0.3 is 15.5 Å². The van der Waals surface area contributed by atoms with Gasteiger partial charge in [-0.15, -0.1) is 0 Å². The zero-order valence-electron chi connectivity index (χ0n) is 9.76. The molecule has 0 atom stereocenters. The summed E-state index contributed by atoms with van der Waals surface area (Å²) >= 11 is 0. The summed E-state index contributed by atoms with van der Waals surface area (Å²) < 4.78 is 5.10. The lowest BCUT2D eigenvalue weighted by Gasteiger charge is -2.26. The highest BCUT2D eigenvalue weighted by atomic mass is 16.3. The van der Waals surface area contributed by atoms with Crippen molar-refractivity contribution in [2.24, 2.45) is 5.73 Å². The Kier molecular flexibility index (Phi) is 3.98. The third-order valence-corrected chi connectivity index (χ3v) is 3.06. The Bertz CT molecular complexity index is 376. The van der Waals surface area contributed by atoms with Crippen LogP contribution in [-0.2, 0) is 4.79 Å². The van der Waals surface area contributed by atoms with E-state index in [9.17, 15) is 4.79 Å². The summed E-state index contributed by atoms with van der Waals surface area (Å²) in [7, 11) is 0. The summed E-state index contributed by atoms with van der Waals surface area (Å²) in [6.07, 6.45) is 8.69. The van der Waals surface area contributed by atoms with Crippen molar-refractivity contribution in [1.82, 2.24) is 5.32 Å². The minimum atomic E-state index is -0.0677. The van der Waals surface area contributed by atoms with Crippen LogP contribution < -0.4 is 11.1 Å². The van der Waals surface area contributed by atoms with E-state index in [1.165, 1.54) is 6.08 Å². The molecule has 1 aromatic heterocycles. The quantitative estimate of drug-likeness (QED) is 0.782. The molecule has 1 aliphatic carbocycles. The summed E-state index contributed by atoms with van der Waals surface area (Å²) in [6.45, 7) is 0. The van der Waals surface area contributed by atoms with Crippen LogP contribution in [0.2, 0.25) is 0 Å². The molecule has 0 saturated heterocycles. The number of carbonyl (C=O) groups excluding carboxylic acids is 1. The van der Waals surface area contributed by atoms with Gasteiger partial charge in [-0.2, -0.15) is 0 Å². The van der Waals surface area contributed by atoms with E-state index in [-0.39, 0.29) is 11.9 Å². The van der Waals surface area contributed by atoms with Crippen molar-refractivity contribution in [1.29, 1.82) is 0 Å². The average Bonchev–Trinajstić information content (AvgIpc) is 2.83. The fourth-order valence-corrected chi connectivity index (χ4v) is 2.06. The van der Waals surface area contributed by atoms with E-state index in [4.69, 9.17) is 10.2 Å². The van der Waals surface area contributed by atoms with Crippen LogP contribution in [0.3, 0.4) is 0 Å². The standard InChI is InChI=1S/C13H18N2O2/c14-10-3-5-11(6-4-10)15-13(16)8-7-12-2-1-9-17-12/h1-2,7-11H,3-6,14H2,(H,15,16). The molecule has 1 heterocycles. The molecule has 0 bridgehead atoms. The molecule has 1 fully saturated rings. The van der Waals surface area contributed by atoms with Crippen LogP contribution in [0.4, 0.5) is 0 Å². The maximum absolute atomic E-state index is 11.6. The largest absolute Gasteiger partial charge is 0.465 e. The molecule has 17 heavy (non-hydrogen) atoms. The van der Waals surface area contributed by atoms with Crippen LogP contribution >= 0.6 is 0 Å². The molecular weight excluding hydrogens is 216 g/mol. The number of amides is 1. The van der Waals surface area contributed by atoms with Crippen molar-refractivity contribution in [3.8, 4) is 0 Å². The van der Waals surface area contributed by atoms with Crippen LogP contribution in [0.25, 0.3) is 6.08 Å². The van der Waals surface area contributed by atoms with Gasteiger partial charge in [0, 0.05) is 18.2 Å². The Morgan fingerprint density at radius 3 is 2.82 bits per heavy atom. The topological polar surface area (TPSA) is 68.3 Å². The molecule has 0 spiro atoms. The van der Waals surface area contributed by atoms with Crippen molar-refractivity contribution < 1.29 is 9.21 Å². The molecule has 0 unspecified atom stereocenters. The summed E-state index contributed by atoms with van der Waals surface area (Å²) in [6, 6.07) is 4.18. The first-order valence-electron chi connectivity index (χ1n) is 6.01. The molecule has 4 nitrogen and oxygen atoms in total. The minimum Gasteiger partial charge on any atom is -0.465 e. The second-order valence-electron chi connectivity index (χ2n) is 4.47. The van der Waals surface area contributed by atoms with E-state index >= 15 is 0 Å². The Balaban J connectivity index is 1.77. The smallest absolute Gasteiger partial charge is 0.244 e. The monoisotopic (exact) mass is 234 g/mol. The second-order valence-corrected chi connectivity index (χ2v) is 4.47. The zero-order chi connectivity index (χ0) is 12.1. The molecule has 1 saturated carbocycles. The molecule has 1 aliphatic rings. The number of nitrogens with one attached hydrogen (secondary N) is 1. The van der Waals surface area contributed by atoms with Gasteiger partial charge in [0.1, 0.15) is 5.76 Å². The highest BCUT2D eigenvalue weighted by Crippen LogP contribution is 2.16. The molecular formula is C13H18N2O2. The Morgan fingerprint density at radius 2 is 2.18 bits per heavy atom. The maximum atomic E-state index is 11.6. The van der Waals surface area contributed by atoms with Crippen molar-refractivity contribution >= 4 is 12.0 Å². The number of hydrogen-bond donors (Lipinski definition) is 2. The molecule has 4 heteroatoms. The SMILES string of the molecule is NC1CCC(NC(=O)C=Cc2ccco2)CC1. The third-order valence-electron chi connectivity index (χ3n) is 3.06. The Labute approximate surface area is 101 Å². The van der Waals surface area contributed by atoms with E-state index in [0.29, 0.717) is 11.8 Å². The molecule has 3 N–H and O–H groups in total. The van der Waals surface area contributed by atoms with E-state index in [0.717, 1.165) is 25.7 Å². The molecule has 1 aromatic rings. The van der Waals surface area contributed by atoms with E-state index < -0.39 is 0 Å². The second kappa shape index (κ2) is 5.68. The van der Waals surface area contributed by atoms with Crippen molar-refractivity contribution in [3.63, 3.8) is 0 Å². The predicted octanol–water partition coefficient (Wildman–Crippen LogP) is 1.68. The first-order chi connectivity index (χ1) is 8.24. The normalized spacial score (nSPS) is 25.0. The van der Waals surface area contributed by atoms with Crippen LogP contribution in [-0.4, -0.2) is 18.0 Å². The van der Waals surface area contributed by atoms with Crippen molar-refractivity contribution in [3.05, 3.63) is 30.2 Å². The lowest BCUT2D eigenvalue weighted by atomic mass is 9.92. The van der Waals surface area contributed by atoms with Gasteiger partial charge in [0.25, 0.3) is 0 Å². The number of carbonyl (C=O) groups is 1. The highest BCUT2D eigenvalue weighted by molar-refractivity contribution is 5.91. The lowest BCUT2D eigenvalue weighted by molar-refractivity contribution is -0.117. The van der Waals surface area contributed by atoms with Crippen LogP contribution in [0.1, 0.15) is 31.4 Å². The molecule has 0 aliphatic heterocycles.